The van der Waals surface area contributed by atoms with Gasteiger partial charge in [0.1, 0.15) is 5.75 Å². The monoisotopic (exact) mass is 289 g/mol. The van der Waals surface area contributed by atoms with E-state index in [2.05, 4.69) is 11.9 Å². The normalized spacial score (nSPS) is 16.2. The van der Waals surface area contributed by atoms with Gasteiger partial charge >= 0.3 is 0 Å². The third-order valence-electron chi connectivity index (χ3n) is 4.38. The summed E-state index contributed by atoms with van der Waals surface area (Å²) in [6.07, 6.45) is 6.61. The molecular formula is C18H27NO2. The zero-order valence-electron chi connectivity index (χ0n) is 13.5. The molecule has 0 radical (unpaired) electrons. The van der Waals surface area contributed by atoms with Gasteiger partial charge in [0, 0.05) is 23.7 Å². The van der Waals surface area contributed by atoms with Crippen molar-refractivity contribution in [3.05, 3.63) is 29.3 Å². The molecule has 0 spiro atoms. The fourth-order valence-corrected chi connectivity index (χ4v) is 3.14. The minimum Gasteiger partial charge on any atom is -0.494 e. The summed E-state index contributed by atoms with van der Waals surface area (Å²) >= 11 is 0. The van der Waals surface area contributed by atoms with Gasteiger partial charge in [-0.05, 0) is 51.9 Å². The van der Waals surface area contributed by atoms with E-state index in [0.29, 0.717) is 12.6 Å². The van der Waals surface area contributed by atoms with Gasteiger partial charge in [-0.15, -0.1) is 0 Å². The number of nitrogens with zero attached hydrogens (tertiary/aromatic N) is 1. The molecule has 0 bridgehead atoms. The van der Waals surface area contributed by atoms with Crippen LogP contribution in [0.2, 0.25) is 0 Å². The van der Waals surface area contributed by atoms with Gasteiger partial charge in [0.05, 0.1) is 6.61 Å². The SMILES string of the molecule is CCOc1ccc(C(C)=O)cc1CN(C)C1CCCCC1. The number of hydrogen-bond acceptors (Lipinski definition) is 3. The Kier molecular flexibility index (Phi) is 5.80. The average Bonchev–Trinajstić information content (AvgIpc) is 2.50. The Bertz CT molecular complexity index is 478. The third kappa shape index (κ3) is 4.31. The summed E-state index contributed by atoms with van der Waals surface area (Å²) in [4.78, 5) is 14.0. The predicted octanol–water partition coefficient (Wildman–Crippen LogP) is 4.05. The summed E-state index contributed by atoms with van der Waals surface area (Å²) in [6.45, 7) is 5.11. The maximum Gasteiger partial charge on any atom is 0.159 e. The van der Waals surface area contributed by atoms with Gasteiger partial charge in [0.15, 0.2) is 5.78 Å². The molecule has 1 saturated carbocycles. The van der Waals surface area contributed by atoms with Crippen LogP contribution in [0, 0.1) is 0 Å². The molecule has 1 aliphatic rings. The van der Waals surface area contributed by atoms with Gasteiger partial charge in [-0.2, -0.15) is 0 Å². The number of hydrogen-bond donors (Lipinski definition) is 0. The maximum absolute atomic E-state index is 11.6. The molecule has 0 atom stereocenters. The van der Waals surface area contributed by atoms with E-state index in [1.165, 1.54) is 32.1 Å². The molecule has 3 heteroatoms. The molecule has 116 valence electrons. The Morgan fingerprint density at radius 3 is 2.62 bits per heavy atom. The number of ketones is 1. The van der Waals surface area contributed by atoms with Crippen LogP contribution in [0.25, 0.3) is 0 Å². The van der Waals surface area contributed by atoms with E-state index in [1.807, 2.05) is 25.1 Å². The molecule has 0 heterocycles. The minimum atomic E-state index is 0.111. The largest absolute Gasteiger partial charge is 0.494 e. The molecule has 0 unspecified atom stereocenters. The molecule has 1 aliphatic carbocycles. The van der Waals surface area contributed by atoms with E-state index in [9.17, 15) is 4.79 Å². The molecule has 0 aromatic heterocycles. The van der Waals surface area contributed by atoms with E-state index in [-0.39, 0.29) is 5.78 Å². The van der Waals surface area contributed by atoms with Crippen molar-refractivity contribution in [2.45, 2.75) is 58.5 Å². The zero-order chi connectivity index (χ0) is 15.2. The van der Waals surface area contributed by atoms with Gasteiger partial charge in [-0.1, -0.05) is 19.3 Å². The van der Waals surface area contributed by atoms with Gasteiger partial charge < -0.3 is 4.74 Å². The van der Waals surface area contributed by atoms with Crippen molar-refractivity contribution in [3.63, 3.8) is 0 Å². The van der Waals surface area contributed by atoms with Crippen molar-refractivity contribution in [3.8, 4) is 5.75 Å². The summed E-state index contributed by atoms with van der Waals surface area (Å²) in [6, 6.07) is 6.45. The van der Waals surface area contributed by atoms with Crippen LogP contribution < -0.4 is 4.74 Å². The van der Waals surface area contributed by atoms with Crippen molar-refractivity contribution < 1.29 is 9.53 Å². The second-order valence-electron chi connectivity index (χ2n) is 6.02. The van der Waals surface area contributed by atoms with E-state index >= 15 is 0 Å². The third-order valence-corrected chi connectivity index (χ3v) is 4.38. The minimum absolute atomic E-state index is 0.111. The first-order chi connectivity index (χ1) is 10.1. The standard InChI is InChI=1S/C18H27NO2/c1-4-21-18-11-10-15(14(2)20)12-16(18)13-19(3)17-8-6-5-7-9-17/h10-12,17H,4-9,13H2,1-3H3. The smallest absolute Gasteiger partial charge is 0.159 e. The lowest BCUT2D eigenvalue weighted by atomic mass is 9.94. The highest BCUT2D eigenvalue weighted by Gasteiger charge is 2.19. The van der Waals surface area contributed by atoms with Crippen molar-refractivity contribution in [2.24, 2.45) is 0 Å². The molecular weight excluding hydrogens is 262 g/mol. The second-order valence-corrected chi connectivity index (χ2v) is 6.02. The predicted molar refractivity (Wildman–Crippen MR) is 86.0 cm³/mol. The molecule has 0 amide bonds. The summed E-state index contributed by atoms with van der Waals surface area (Å²) in [5, 5.41) is 0. The zero-order valence-corrected chi connectivity index (χ0v) is 13.5. The van der Waals surface area contributed by atoms with Crippen LogP contribution in [0.1, 0.15) is 61.9 Å². The quantitative estimate of drug-likeness (QED) is 0.740. The molecule has 3 nitrogen and oxygen atoms in total. The van der Waals surface area contributed by atoms with Gasteiger partial charge in [-0.3, -0.25) is 9.69 Å². The van der Waals surface area contributed by atoms with E-state index in [1.54, 1.807) is 6.92 Å². The van der Waals surface area contributed by atoms with Crippen molar-refractivity contribution in [1.82, 2.24) is 4.90 Å². The highest BCUT2D eigenvalue weighted by molar-refractivity contribution is 5.94. The van der Waals surface area contributed by atoms with Crippen LogP contribution in [-0.2, 0) is 6.54 Å². The van der Waals surface area contributed by atoms with Crippen LogP contribution in [-0.4, -0.2) is 30.4 Å². The number of benzene rings is 1. The first-order valence-electron chi connectivity index (χ1n) is 8.08. The Morgan fingerprint density at radius 2 is 2.00 bits per heavy atom. The van der Waals surface area contributed by atoms with Crippen LogP contribution in [0.15, 0.2) is 18.2 Å². The molecule has 1 aromatic carbocycles. The lowest BCUT2D eigenvalue weighted by molar-refractivity contribution is 0.101. The Morgan fingerprint density at radius 1 is 1.29 bits per heavy atom. The molecule has 0 saturated heterocycles. The molecule has 1 aromatic rings. The number of Topliss-reactive ketones (excluding diaryl/α,β-unsaturated/α-hetero) is 1. The topological polar surface area (TPSA) is 29.5 Å². The number of carbonyl (C=O) groups is 1. The number of ether oxygens (including phenoxy) is 1. The summed E-state index contributed by atoms with van der Waals surface area (Å²) < 4.78 is 5.72. The van der Waals surface area contributed by atoms with Crippen molar-refractivity contribution in [1.29, 1.82) is 0 Å². The first kappa shape index (κ1) is 16.0. The van der Waals surface area contributed by atoms with Gasteiger partial charge in [0.2, 0.25) is 0 Å². The molecule has 0 N–H and O–H groups in total. The van der Waals surface area contributed by atoms with Crippen LogP contribution in [0.4, 0.5) is 0 Å². The fourth-order valence-electron chi connectivity index (χ4n) is 3.14. The highest BCUT2D eigenvalue weighted by atomic mass is 16.5. The van der Waals surface area contributed by atoms with Crippen LogP contribution in [0.5, 0.6) is 5.75 Å². The maximum atomic E-state index is 11.6. The van der Waals surface area contributed by atoms with E-state index in [0.717, 1.165) is 23.4 Å². The summed E-state index contributed by atoms with van der Waals surface area (Å²) in [7, 11) is 2.19. The lowest BCUT2D eigenvalue weighted by Gasteiger charge is -2.31. The first-order valence-corrected chi connectivity index (χ1v) is 8.08. The number of rotatable bonds is 6. The van der Waals surface area contributed by atoms with E-state index in [4.69, 9.17) is 4.74 Å². The second kappa shape index (κ2) is 7.60. The lowest BCUT2D eigenvalue weighted by Crippen LogP contribution is -2.33. The average molecular weight is 289 g/mol. The van der Waals surface area contributed by atoms with Gasteiger partial charge in [-0.25, -0.2) is 0 Å². The number of carbonyl (C=O) groups excluding carboxylic acids is 1. The molecule has 1 fully saturated rings. The Hall–Kier alpha value is -1.35. The van der Waals surface area contributed by atoms with Crippen molar-refractivity contribution in [2.75, 3.05) is 13.7 Å². The summed E-state index contributed by atoms with van der Waals surface area (Å²) in [5.74, 6) is 1.02. The van der Waals surface area contributed by atoms with Crippen molar-refractivity contribution >= 4 is 5.78 Å². The molecule has 21 heavy (non-hydrogen) atoms. The molecule has 0 aliphatic heterocycles. The summed E-state index contributed by atoms with van der Waals surface area (Å²) in [5.41, 5.74) is 1.89. The van der Waals surface area contributed by atoms with Crippen LogP contribution in [0.3, 0.4) is 0 Å². The van der Waals surface area contributed by atoms with E-state index < -0.39 is 0 Å². The Balaban J connectivity index is 2.15. The fraction of sp³-hybridized carbons (Fsp3) is 0.611. The molecule has 2 rings (SSSR count). The Labute approximate surface area is 128 Å². The van der Waals surface area contributed by atoms with Gasteiger partial charge in [0.25, 0.3) is 0 Å². The highest BCUT2D eigenvalue weighted by Crippen LogP contribution is 2.26. The van der Waals surface area contributed by atoms with Crippen LogP contribution >= 0.6 is 0 Å².